The van der Waals surface area contributed by atoms with Gasteiger partial charge in [-0.1, -0.05) is 0 Å². The third-order valence-corrected chi connectivity index (χ3v) is 8.70. The first kappa shape index (κ1) is 47.6. The third-order valence-electron chi connectivity index (χ3n) is 8.70. The van der Waals surface area contributed by atoms with Crippen LogP contribution >= 0.6 is 0 Å². The fraction of sp³-hybridized carbons (Fsp3) is 0.750. The molecule has 14 atom stereocenters. The second-order valence-corrected chi connectivity index (χ2v) is 13.6. The smallest absolute Gasteiger partial charge is 0.305 e. The molecule has 3 saturated heterocycles. The Labute approximate surface area is 332 Å². The van der Waals surface area contributed by atoms with Gasteiger partial charge in [0.25, 0.3) is 0 Å². The van der Waals surface area contributed by atoms with Crippen molar-refractivity contribution in [1.29, 1.82) is 0 Å². The number of hydrogen-bond donors (Lipinski definition) is 0. The second-order valence-electron chi connectivity index (χ2n) is 13.6. The highest BCUT2D eigenvalue weighted by Crippen LogP contribution is 2.38. The van der Waals surface area contributed by atoms with Crippen LogP contribution in [0.15, 0.2) is 0 Å². The molecule has 0 saturated carbocycles. The van der Waals surface area contributed by atoms with Crippen molar-refractivity contribution in [2.75, 3.05) is 13.2 Å². The highest BCUT2D eigenvalue weighted by atomic mass is 16.8. The van der Waals surface area contributed by atoms with Crippen LogP contribution in [0.25, 0.3) is 0 Å². The van der Waals surface area contributed by atoms with Crippen molar-refractivity contribution in [2.24, 2.45) is 5.92 Å². The summed E-state index contributed by atoms with van der Waals surface area (Å²) >= 11 is 0. The van der Waals surface area contributed by atoms with Gasteiger partial charge in [-0.05, 0) is 13.8 Å². The Morgan fingerprint density at radius 3 is 1.21 bits per heavy atom. The van der Waals surface area contributed by atoms with Crippen molar-refractivity contribution in [3.63, 3.8) is 0 Å². The lowest BCUT2D eigenvalue weighted by Crippen LogP contribution is -2.68. The van der Waals surface area contributed by atoms with E-state index in [4.69, 9.17) is 61.6 Å². The molecule has 22 heteroatoms. The molecule has 326 valence electrons. The lowest BCUT2D eigenvalue weighted by atomic mass is 9.89. The predicted molar refractivity (Wildman–Crippen MR) is 183 cm³/mol. The van der Waals surface area contributed by atoms with Gasteiger partial charge >= 0.3 is 47.8 Å². The summed E-state index contributed by atoms with van der Waals surface area (Å²) in [5.74, 6) is -8.04. The zero-order valence-corrected chi connectivity index (χ0v) is 33.7. The van der Waals surface area contributed by atoms with Crippen LogP contribution < -0.4 is 0 Å². The zero-order chi connectivity index (χ0) is 43.6. The molecule has 0 aromatic heterocycles. The minimum Gasteiger partial charge on any atom is -0.463 e. The van der Waals surface area contributed by atoms with Crippen molar-refractivity contribution in [3.05, 3.63) is 0 Å². The van der Waals surface area contributed by atoms with Gasteiger partial charge in [0.15, 0.2) is 37.0 Å². The lowest BCUT2D eigenvalue weighted by molar-refractivity contribution is -0.372. The highest BCUT2D eigenvalue weighted by Gasteiger charge is 2.58. The summed E-state index contributed by atoms with van der Waals surface area (Å²) in [7, 11) is 0. The maximum Gasteiger partial charge on any atom is 0.305 e. The summed E-state index contributed by atoms with van der Waals surface area (Å²) in [6.45, 7) is 9.95. The number of carbonyl (C=O) groups excluding carboxylic acids is 9. The number of esters is 8. The van der Waals surface area contributed by atoms with Gasteiger partial charge in [0.2, 0.25) is 12.4 Å². The highest BCUT2D eigenvalue weighted by molar-refractivity contribution is 5.79. The van der Waals surface area contributed by atoms with Gasteiger partial charge in [-0.2, -0.15) is 0 Å². The van der Waals surface area contributed by atoms with E-state index >= 15 is 0 Å². The molecule has 0 spiro atoms. The molecule has 22 nitrogen and oxygen atoms in total. The molecule has 0 N–H and O–H groups in total. The topological polar surface area (TPSA) is 274 Å². The van der Waals surface area contributed by atoms with E-state index in [1.54, 1.807) is 6.92 Å². The normalized spacial score (nSPS) is 33.3. The molecule has 0 aliphatic carbocycles. The van der Waals surface area contributed by atoms with Crippen LogP contribution in [0.2, 0.25) is 0 Å². The maximum absolute atomic E-state index is 12.7. The Balaban J connectivity index is 2.20. The molecular weight excluding hydrogens is 784 g/mol. The van der Waals surface area contributed by atoms with Gasteiger partial charge < -0.3 is 61.6 Å². The average molecular weight is 835 g/mol. The van der Waals surface area contributed by atoms with E-state index < -0.39 is 147 Å². The minimum absolute atomic E-state index is 0.0406. The molecule has 0 aromatic rings. The number of ether oxygens (including phenoxy) is 13. The van der Waals surface area contributed by atoms with Crippen LogP contribution in [0, 0.1) is 5.92 Å². The average Bonchev–Trinajstić information content (AvgIpc) is 3.07. The van der Waals surface area contributed by atoms with Gasteiger partial charge in [-0.25, -0.2) is 0 Å². The summed E-state index contributed by atoms with van der Waals surface area (Å²) < 4.78 is 74.2. The molecule has 58 heavy (non-hydrogen) atoms. The molecule has 0 amide bonds. The molecule has 0 radical (unpaired) electrons. The van der Waals surface area contributed by atoms with Crippen LogP contribution in [0.1, 0.15) is 75.7 Å². The molecule has 6 unspecified atom stereocenters. The summed E-state index contributed by atoms with van der Waals surface area (Å²) in [4.78, 5) is 111. The number of ketones is 1. The molecule has 3 rings (SSSR count). The Morgan fingerprint density at radius 2 is 0.810 bits per heavy atom. The molecule has 3 fully saturated rings. The van der Waals surface area contributed by atoms with Gasteiger partial charge in [0.05, 0.1) is 6.10 Å². The zero-order valence-electron chi connectivity index (χ0n) is 33.7. The quantitative estimate of drug-likeness (QED) is 0.154. The Bertz CT molecular complexity index is 1540. The lowest BCUT2D eigenvalue weighted by Gasteiger charge is -2.49. The molecule has 0 bridgehead atoms. The monoisotopic (exact) mass is 834 g/mol. The Morgan fingerprint density at radius 1 is 0.431 bits per heavy atom. The Hall–Kier alpha value is -4.77. The van der Waals surface area contributed by atoms with Crippen molar-refractivity contribution < 1.29 is 105 Å². The number of rotatable bonds is 15. The molecule has 3 aliphatic rings. The summed E-state index contributed by atoms with van der Waals surface area (Å²) in [5.41, 5.74) is 0. The van der Waals surface area contributed by atoms with E-state index in [-0.39, 0.29) is 12.2 Å². The number of Topliss-reactive ketones (excluding diaryl/α,β-unsaturated/α-hetero) is 1. The fourth-order valence-electron chi connectivity index (χ4n) is 6.60. The minimum atomic E-state index is -1.90. The molecule has 3 aliphatic heterocycles. The van der Waals surface area contributed by atoms with Crippen LogP contribution in [0.4, 0.5) is 0 Å². The number of hydrogen-bond acceptors (Lipinski definition) is 22. The molecular formula is C36H50O22. The van der Waals surface area contributed by atoms with Crippen LogP contribution in [0.5, 0.6) is 0 Å². The van der Waals surface area contributed by atoms with E-state index in [0.29, 0.717) is 0 Å². The van der Waals surface area contributed by atoms with E-state index in [0.717, 1.165) is 55.4 Å². The van der Waals surface area contributed by atoms with Gasteiger partial charge in [-0.15, -0.1) is 0 Å². The maximum atomic E-state index is 12.7. The van der Waals surface area contributed by atoms with Gasteiger partial charge in [-0.3, -0.25) is 43.2 Å². The van der Waals surface area contributed by atoms with E-state index in [2.05, 4.69) is 0 Å². The summed E-state index contributed by atoms with van der Waals surface area (Å²) in [5, 5.41) is 0. The first-order valence-corrected chi connectivity index (χ1v) is 18.2. The largest absolute Gasteiger partial charge is 0.463 e. The fourth-order valence-corrected chi connectivity index (χ4v) is 6.60. The van der Waals surface area contributed by atoms with Crippen LogP contribution in [-0.4, -0.2) is 147 Å². The van der Waals surface area contributed by atoms with Crippen molar-refractivity contribution >= 4 is 53.5 Å². The van der Waals surface area contributed by atoms with Gasteiger partial charge in [0, 0.05) is 67.7 Å². The van der Waals surface area contributed by atoms with E-state index in [9.17, 15) is 43.2 Å². The summed E-state index contributed by atoms with van der Waals surface area (Å²) in [6.07, 6.45) is -20.4. The van der Waals surface area contributed by atoms with Crippen molar-refractivity contribution in [1.82, 2.24) is 0 Å². The third kappa shape index (κ3) is 13.7. The van der Waals surface area contributed by atoms with Crippen LogP contribution in [0.3, 0.4) is 0 Å². The first-order chi connectivity index (χ1) is 27.1. The number of carbonyl (C=O) groups is 9. The second kappa shape index (κ2) is 21.3. The molecule has 3 heterocycles. The van der Waals surface area contributed by atoms with E-state index in [1.807, 2.05) is 0 Å². The first-order valence-electron chi connectivity index (χ1n) is 18.2. The summed E-state index contributed by atoms with van der Waals surface area (Å²) in [6, 6.07) is 0. The Kier molecular flexibility index (Phi) is 17.5. The van der Waals surface area contributed by atoms with E-state index in [1.165, 1.54) is 6.92 Å². The van der Waals surface area contributed by atoms with Gasteiger partial charge in [0.1, 0.15) is 43.4 Å². The van der Waals surface area contributed by atoms with Crippen molar-refractivity contribution in [2.45, 2.75) is 156 Å². The SMILES string of the molecule is CC(=O)OCC1OC(OC(C)=O)[C@@H](OC(C)=O)C(OC(C)=O)[C@@H]1O[C@H]1OC(COC(C)=O)[C@@H](O[C@H]2OC(C)[C@@H](C(C)=O)C[C@@H]2OC(C)=O)C(OC(C)=O)[C@@H]1OC(C)=O. The predicted octanol–water partition coefficient (Wildman–Crippen LogP) is -0.105. The van der Waals surface area contributed by atoms with Crippen molar-refractivity contribution in [3.8, 4) is 0 Å². The molecule has 0 aromatic carbocycles. The van der Waals surface area contributed by atoms with Crippen LogP contribution in [-0.2, 0) is 105 Å². The standard InChI is InChI=1S/C36H50O22/c1-14(37)24-11-25(49-18(5)40)34(48-15(24)2)57-28-26(12-46-16(3)38)56-36(33(53-22(9)44)30(28)50-19(6)41)58-29-27(13-47-17(4)39)55-35(54-23(10)45)32(52-21(8)43)31(29)51-20(7)42/h15,24-36H,11-13H2,1-10H3/t15?,24-,25+,26?,27?,28-,29-,30?,31?,32+,33+,34-,35?,36-/m1/s1.